The van der Waals surface area contributed by atoms with Gasteiger partial charge < -0.3 is 34.7 Å². The molecule has 0 aliphatic carbocycles. The second kappa shape index (κ2) is 12.1. The van der Waals surface area contributed by atoms with Gasteiger partial charge in [-0.25, -0.2) is 19.7 Å². The van der Waals surface area contributed by atoms with Crippen molar-refractivity contribution in [1.82, 2.24) is 24.8 Å². The predicted octanol–water partition coefficient (Wildman–Crippen LogP) is -0.252. The number of esters is 2. The zero-order valence-electron chi connectivity index (χ0n) is 22.7. The van der Waals surface area contributed by atoms with E-state index < -0.39 is 61.7 Å². The highest BCUT2D eigenvalue weighted by atomic mass is 31.2. The van der Waals surface area contributed by atoms with Gasteiger partial charge in [-0.2, -0.15) is 10.4 Å². The zero-order valence-corrected chi connectivity index (χ0v) is 23.6. The molecule has 0 spiro atoms. The third-order valence-electron chi connectivity index (χ3n) is 6.40. The maximum Gasteiger partial charge on any atom is 0.342 e. The lowest BCUT2D eigenvalue weighted by Gasteiger charge is -2.33. The van der Waals surface area contributed by atoms with E-state index in [1.807, 2.05) is 6.07 Å². The largest absolute Gasteiger partial charge is 0.465 e. The Hall–Kier alpha value is -3.16. The van der Waals surface area contributed by atoms with Crippen LogP contribution in [0.25, 0.3) is 5.52 Å². The summed E-state index contributed by atoms with van der Waals surface area (Å²) in [4.78, 5) is 28.3. The van der Waals surface area contributed by atoms with Crippen molar-refractivity contribution in [2.45, 2.75) is 70.1 Å². The van der Waals surface area contributed by atoms with Gasteiger partial charge in [0, 0.05) is 0 Å². The summed E-state index contributed by atoms with van der Waals surface area (Å²) in [5.74, 6) is -1.36. The van der Waals surface area contributed by atoms with Crippen LogP contribution in [0.15, 0.2) is 18.5 Å². The van der Waals surface area contributed by atoms with Crippen LogP contribution in [-0.2, 0) is 38.5 Å². The van der Waals surface area contributed by atoms with Crippen LogP contribution >= 0.6 is 7.67 Å². The number of aliphatic hydroxyl groups is 2. The molecule has 6 atom stereocenters. The van der Waals surface area contributed by atoms with Gasteiger partial charge >= 0.3 is 19.6 Å². The summed E-state index contributed by atoms with van der Waals surface area (Å²) in [5, 5.41) is 41.7. The SMILES string of the molecule is CCOC(=O)[C@H](C)NP(=O)(N[C@@H](C)C(=O)OCC)OC[C@H]1O[C@@](C#N)(c2ccc3c(N)ncnn23)[C@](C)(O)[C@@H]1O. The van der Waals surface area contributed by atoms with Crippen LogP contribution in [0.3, 0.4) is 0 Å². The number of nitrogens with one attached hydrogen (secondary N) is 2. The van der Waals surface area contributed by atoms with Crippen molar-refractivity contribution >= 4 is 30.9 Å². The second-order valence-corrected chi connectivity index (χ2v) is 11.1. The summed E-state index contributed by atoms with van der Waals surface area (Å²) < 4.78 is 36.4. The van der Waals surface area contributed by atoms with Gasteiger partial charge in [-0.1, -0.05) is 0 Å². The van der Waals surface area contributed by atoms with E-state index >= 15 is 0 Å². The Morgan fingerprint density at radius 1 is 1.25 bits per heavy atom. The molecule has 3 heterocycles. The van der Waals surface area contributed by atoms with Gasteiger partial charge in [0.15, 0.2) is 5.82 Å². The first-order valence-corrected chi connectivity index (χ1v) is 14.1. The van der Waals surface area contributed by atoms with E-state index in [0.717, 1.165) is 6.33 Å². The molecule has 0 amide bonds. The van der Waals surface area contributed by atoms with Gasteiger partial charge in [-0.05, 0) is 46.8 Å². The number of rotatable bonds is 12. The molecule has 1 aliphatic rings. The number of anilines is 1. The third kappa shape index (κ3) is 5.81. The molecule has 40 heavy (non-hydrogen) atoms. The first-order chi connectivity index (χ1) is 18.8. The number of aliphatic hydroxyl groups excluding tert-OH is 1. The van der Waals surface area contributed by atoms with E-state index in [1.165, 1.54) is 37.4 Å². The van der Waals surface area contributed by atoms with E-state index in [-0.39, 0.29) is 24.7 Å². The minimum Gasteiger partial charge on any atom is -0.465 e. The standard InChI is InChI=1S/C23H34N7O9P/c1-6-36-20(32)13(3)28-40(35,29-14(4)21(33)37-7-2)38-10-16-18(31)22(5,34)23(11-24,39-16)17-9-8-15-19(25)26-12-27-30(15)17/h8-9,12-14,16,18,31,34H,6-7,10H2,1-5H3,(H2,25,26,27)(H2,28,29,35)/t13-,14-,16+,18+,22+,23-/m0/s1. The van der Waals surface area contributed by atoms with Gasteiger partial charge in [-0.15, -0.1) is 0 Å². The van der Waals surface area contributed by atoms with Gasteiger partial charge in [0.1, 0.15) is 47.8 Å². The lowest BCUT2D eigenvalue weighted by molar-refractivity contribution is -0.145. The fourth-order valence-corrected chi connectivity index (χ4v) is 6.09. The van der Waals surface area contributed by atoms with Crippen LogP contribution in [0.1, 0.15) is 40.3 Å². The molecule has 3 rings (SSSR count). The topological polar surface area (TPSA) is 233 Å². The first kappa shape index (κ1) is 31.4. The summed E-state index contributed by atoms with van der Waals surface area (Å²) >= 11 is 0. The number of nitriles is 1. The average molecular weight is 584 g/mol. The number of hydrogen-bond donors (Lipinski definition) is 5. The Balaban J connectivity index is 1.90. The predicted molar refractivity (Wildman–Crippen MR) is 138 cm³/mol. The van der Waals surface area contributed by atoms with Crippen molar-refractivity contribution in [3.05, 3.63) is 24.2 Å². The summed E-state index contributed by atoms with van der Waals surface area (Å²) in [6, 6.07) is 2.62. The van der Waals surface area contributed by atoms with E-state index in [4.69, 9.17) is 24.5 Å². The molecular formula is C23H34N7O9P. The second-order valence-electron chi connectivity index (χ2n) is 9.26. The van der Waals surface area contributed by atoms with E-state index in [1.54, 1.807) is 13.8 Å². The fourth-order valence-electron chi connectivity index (χ4n) is 4.28. The Labute approximate surface area is 230 Å². The number of nitrogens with two attached hydrogens (primary N) is 1. The van der Waals surface area contributed by atoms with Crippen LogP contribution in [0, 0.1) is 11.3 Å². The number of nitrogens with zero attached hydrogens (tertiary/aromatic N) is 4. The summed E-state index contributed by atoms with van der Waals surface area (Å²) in [6.45, 7) is 6.65. The van der Waals surface area contributed by atoms with Gasteiger partial charge in [0.05, 0.1) is 25.5 Å². The first-order valence-electron chi connectivity index (χ1n) is 12.5. The minimum atomic E-state index is -4.26. The average Bonchev–Trinajstić information content (AvgIpc) is 3.41. The van der Waals surface area contributed by atoms with Crippen molar-refractivity contribution in [2.24, 2.45) is 0 Å². The van der Waals surface area contributed by atoms with Crippen LogP contribution in [0.4, 0.5) is 5.82 Å². The van der Waals surface area contributed by atoms with Gasteiger partial charge in [-0.3, -0.25) is 14.2 Å². The van der Waals surface area contributed by atoms with Gasteiger partial charge in [0.25, 0.3) is 0 Å². The molecule has 0 radical (unpaired) electrons. The molecule has 1 fully saturated rings. The van der Waals surface area contributed by atoms with Crippen LogP contribution in [0.2, 0.25) is 0 Å². The summed E-state index contributed by atoms with van der Waals surface area (Å²) in [7, 11) is -4.26. The molecule has 6 N–H and O–H groups in total. The van der Waals surface area contributed by atoms with Crippen LogP contribution < -0.4 is 15.9 Å². The number of aromatic nitrogens is 3. The molecule has 1 saturated heterocycles. The lowest BCUT2D eigenvalue weighted by Crippen LogP contribution is -2.52. The normalized spacial score (nSPS) is 26.2. The Morgan fingerprint density at radius 2 is 1.82 bits per heavy atom. The Morgan fingerprint density at radius 3 is 2.35 bits per heavy atom. The molecule has 16 nitrogen and oxygen atoms in total. The number of carbonyl (C=O) groups excluding carboxylic acids is 2. The quantitative estimate of drug-likeness (QED) is 0.160. The number of carbonyl (C=O) groups is 2. The highest BCUT2D eigenvalue weighted by molar-refractivity contribution is 7.54. The number of hydrogen-bond acceptors (Lipinski definition) is 13. The third-order valence-corrected chi connectivity index (χ3v) is 8.36. The molecule has 0 bridgehead atoms. The monoisotopic (exact) mass is 583 g/mol. The molecular weight excluding hydrogens is 549 g/mol. The Bertz CT molecular complexity index is 1300. The number of fused-ring (bicyclic) bond motifs is 1. The van der Waals surface area contributed by atoms with Crippen molar-refractivity contribution in [3.8, 4) is 6.07 Å². The molecule has 17 heteroatoms. The smallest absolute Gasteiger partial charge is 0.342 e. The van der Waals surface area contributed by atoms with Crippen molar-refractivity contribution in [2.75, 3.05) is 25.6 Å². The molecule has 0 aromatic carbocycles. The van der Waals surface area contributed by atoms with Crippen molar-refractivity contribution in [3.63, 3.8) is 0 Å². The van der Waals surface area contributed by atoms with Crippen molar-refractivity contribution in [1.29, 1.82) is 5.26 Å². The maximum absolute atomic E-state index is 13.8. The summed E-state index contributed by atoms with van der Waals surface area (Å²) in [5.41, 5.74) is 1.89. The minimum absolute atomic E-state index is 0.0527. The van der Waals surface area contributed by atoms with E-state index in [9.17, 15) is 29.6 Å². The van der Waals surface area contributed by atoms with Crippen molar-refractivity contribution < 1.29 is 43.1 Å². The van der Waals surface area contributed by atoms with Crippen LogP contribution in [0.5, 0.6) is 0 Å². The molecule has 0 saturated carbocycles. The number of nitrogen functional groups attached to an aromatic ring is 1. The molecule has 0 unspecified atom stereocenters. The lowest BCUT2D eigenvalue weighted by atomic mass is 9.80. The molecule has 220 valence electrons. The van der Waals surface area contributed by atoms with E-state index in [2.05, 4.69) is 20.3 Å². The fraction of sp³-hybridized carbons (Fsp3) is 0.609. The maximum atomic E-state index is 13.8. The van der Waals surface area contributed by atoms with Gasteiger partial charge in [0.2, 0.25) is 5.60 Å². The van der Waals surface area contributed by atoms with E-state index in [0.29, 0.717) is 5.52 Å². The highest BCUT2D eigenvalue weighted by Crippen LogP contribution is 2.49. The molecule has 2 aromatic rings. The van der Waals surface area contributed by atoms with Crippen LogP contribution in [-0.4, -0.2) is 86.5 Å². The number of ether oxygens (including phenoxy) is 3. The Kier molecular flexibility index (Phi) is 9.53. The summed E-state index contributed by atoms with van der Waals surface area (Å²) in [6.07, 6.45) is -1.98. The zero-order chi connectivity index (χ0) is 29.9. The molecule has 1 aliphatic heterocycles. The highest BCUT2D eigenvalue weighted by Gasteiger charge is 2.65. The molecule has 2 aromatic heterocycles.